The maximum absolute atomic E-state index is 12.4. The Morgan fingerprint density at radius 2 is 1.73 bits per heavy atom. The number of fused-ring (bicyclic) bond motifs is 3. The number of ether oxygens (including phenoxy) is 3. The fourth-order valence-electron chi connectivity index (χ4n) is 5.70. The summed E-state index contributed by atoms with van der Waals surface area (Å²) in [6.45, 7) is 7.22. The molecular weight excluding hydrogens is 396 g/mol. The molecule has 2 saturated carbocycles. The van der Waals surface area contributed by atoms with E-state index >= 15 is 0 Å². The van der Waals surface area contributed by atoms with E-state index in [1.165, 1.54) is 0 Å². The summed E-state index contributed by atoms with van der Waals surface area (Å²) in [5.74, 6) is -1.64. The zero-order chi connectivity index (χ0) is 21.9. The molecule has 12 atom stereocenters. The van der Waals surface area contributed by atoms with Gasteiger partial charge >= 0.3 is 5.97 Å². The van der Waals surface area contributed by atoms with Crippen molar-refractivity contribution in [3.05, 3.63) is 12.2 Å². The van der Waals surface area contributed by atoms with Gasteiger partial charge in [-0.1, -0.05) is 26.0 Å². The average Bonchev–Trinajstić information content (AvgIpc) is 3.13. The van der Waals surface area contributed by atoms with Crippen LogP contribution in [0.25, 0.3) is 0 Å². The second kappa shape index (κ2) is 7.96. The largest absolute Gasteiger partial charge is 0.461 e. The van der Waals surface area contributed by atoms with Crippen LogP contribution in [-0.4, -0.2) is 81.7 Å². The second-order valence-electron chi connectivity index (χ2n) is 9.14. The third-order valence-electron chi connectivity index (χ3n) is 7.51. The van der Waals surface area contributed by atoms with Gasteiger partial charge < -0.3 is 34.6 Å². The lowest BCUT2D eigenvalue weighted by Gasteiger charge is -2.42. The molecule has 0 spiro atoms. The molecular formula is C21H30O9. The molecule has 0 aromatic carbocycles. The number of aliphatic hydroxyl groups excluding tert-OH is 4. The molecule has 168 valence electrons. The summed E-state index contributed by atoms with van der Waals surface area (Å²) in [5, 5.41) is 39.9. The molecule has 9 nitrogen and oxygen atoms in total. The van der Waals surface area contributed by atoms with E-state index in [0.717, 1.165) is 5.57 Å². The third-order valence-corrected chi connectivity index (χ3v) is 7.51. The molecule has 4 N–H and O–H groups in total. The lowest BCUT2D eigenvalue weighted by molar-refractivity contribution is -0.316. The number of aliphatic hydroxyl groups is 4. The molecule has 9 heteroatoms. The zero-order valence-electron chi connectivity index (χ0n) is 17.1. The van der Waals surface area contributed by atoms with Crippen molar-refractivity contribution < 1.29 is 44.2 Å². The Morgan fingerprint density at radius 1 is 1.03 bits per heavy atom. The summed E-state index contributed by atoms with van der Waals surface area (Å²) in [7, 11) is 0. The Hall–Kier alpha value is -1.36. The van der Waals surface area contributed by atoms with Crippen molar-refractivity contribution in [3.8, 4) is 0 Å². The zero-order valence-corrected chi connectivity index (χ0v) is 17.1. The van der Waals surface area contributed by atoms with E-state index in [0.29, 0.717) is 12.8 Å². The van der Waals surface area contributed by atoms with E-state index in [-0.39, 0.29) is 35.4 Å². The van der Waals surface area contributed by atoms with Crippen LogP contribution < -0.4 is 0 Å². The summed E-state index contributed by atoms with van der Waals surface area (Å²) >= 11 is 0. The summed E-state index contributed by atoms with van der Waals surface area (Å²) < 4.78 is 17.3. The molecule has 2 aliphatic carbocycles. The van der Waals surface area contributed by atoms with Crippen LogP contribution in [0.4, 0.5) is 0 Å². The highest BCUT2D eigenvalue weighted by Crippen LogP contribution is 2.52. The fourth-order valence-corrected chi connectivity index (χ4v) is 5.70. The van der Waals surface area contributed by atoms with E-state index in [2.05, 4.69) is 6.58 Å². The Bertz CT molecular complexity index is 721. The van der Waals surface area contributed by atoms with Gasteiger partial charge in [0.25, 0.3) is 0 Å². The molecule has 4 aliphatic rings. The highest BCUT2D eigenvalue weighted by molar-refractivity contribution is 5.84. The Kier molecular flexibility index (Phi) is 5.80. The van der Waals surface area contributed by atoms with Crippen molar-refractivity contribution >= 4 is 11.8 Å². The predicted octanol–water partition coefficient (Wildman–Crippen LogP) is -0.850. The maximum atomic E-state index is 12.4. The molecule has 2 heterocycles. The van der Waals surface area contributed by atoms with E-state index < -0.39 is 55.4 Å². The van der Waals surface area contributed by atoms with Gasteiger partial charge in [0.05, 0.1) is 18.6 Å². The molecule has 0 unspecified atom stereocenters. The number of Topliss-reactive ketones (excluding diaryl/α,β-unsaturated/α-hetero) is 1. The summed E-state index contributed by atoms with van der Waals surface area (Å²) in [4.78, 5) is 24.8. The minimum absolute atomic E-state index is 0.110. The average molecular weight is 426 g/mol. The highest BCUT2D eigenvalue weighted by atomic mass is 16.7. The summed E-state index contributed by atoms with van der Waals surface area (Å²) in [6, 6.07) is 0. The van der Waals surface area contributed by atoms with Crippen LogP contribution in [0.2, 0.25) is 0 Å². The lowest BCUT2D eigenvalue weighted by Crippen LogP contribution is -2.60. The van der Waals surface area contributed by atoms with E-state index in [1.807, 2.05) is 6.92 Å². The summed E-state index contributed by atoms with van der Waals surface area (Å²) in [6.07, 6.45) is -7.40. The van der Waals surface area contributed by atoms with Gasteiger partial charge in [0.1, 0.15) is 36.3 Å². The van der Waals surface area contributed by atoms with Gasteiger partial charge in [0.15, 0.2) is 6.29 Å². The number of ketones is 1. The van der Waals surface area contributed by atoms with Gasteiger partial charge in [0, 0.05) is 24.2 Å². The smallest absolute Gasteiger partial charge is 0.309 e. The van der Waals surface area contributed by atoms with E-state index in [1.54, 1.807) is 6.92 Å². The van der Waals surface area contributed by atoms with E-state index in [4.69, 9.17) is 14.2 Å². The van der Waals surface area contributed by atoms with E-state index in [9.17, 15) is 30.0 Å². The number of hydrogen-bond acceptors (Lipinski definition) is 9. The van der Waals surface area contributed by atoms with Crippen molar-refractivity contribution in [3.63, 3.8) is 0 Å². The Labute approximate surface area is 174 Å². The minimum Gasteiger partial charge on any atom is -0.461 e. The van der Waals surface area contributed by atoms with Gasteiger partial charge in [0.2, 0.25) is 0 Å². The molecule has 0 amide bonds. The molecule has 0 radical (unpaired) electrons. The molecule has 2 saturated heterocycles. The van der Waals surface area contributed by atoms with Crippen LogP contribution in [0, 0.1) is 29.6 Å². The molecule has 0 aromatic rings. The number of esters is 1. The molecule has 2 aliphatic heterocycles. The van der Waals surface area contributed by atoms with Gasteiger partial charge in [-0.15, -0.1) is 0 Å². The molecule has 30 heavy (non-hydrogen) atoms. The molecule has 0 bridgehead atoms. The van der Waals surface area contributed by atoms with Crippen LogP contribution >= 0.6 is 0 Å². The molecule has 4 rings (SSSR count). The van der Waals surface area contributed by atoms with Crippen LogP contribution in [0.5, 0.6) is 0 Å². The second-order valence-corrected chi connectivity index (χ2v) is 9.14. The number of carbonyl (C=O) groups excluding carboxylic acids is 2. The van der Waals surface area contributed by atoms with Crippen molar-refractivity contribution in [2.75, 3.05) is 6.61 Å². The van der Waals surface area contributed by atoms with Gasteiger partial charge in [-0.25, -0.2) is 0 Å². The monoisotopic (exact) mass is 426 g/mol. The van der Waals surface area contributed by atoms with Crippen molar-refractivity contribution in [2.24, 2.45) is 29.6 Å². The molecule has 0 aromatic heterocycles. The van der Waals surface area contributed by atoms with Gasteiger partial charge in [-0.05, 0) is 12.3 Å². The first kappa shape index (κ1) is 21.9. The third kappa shape index (κ3) is 3.32. The fraction of sp³-hybridized carbons (Fsp3) is 0.810. The SMILES string of the molecule is C=C1C[C@H](O[C@H]2O[C@H](CO)[C@@H](O)[C@H](O)[C@H]2O)[C@@H]2[C@H](OC(=O)[C@H]2C)[C@H]2[C@H](C)C(=O)C[C@@H]12. The molecule has 4 fully saturated rings. The standard InChI is InChI=1S/C21H30O9/c1-7-4-12(28-21-18(26)17(25)16(24)13(6-22)29-21)15-9(3)20(27)30-19(15)14-8(2)11(23)5-10(7)14/h8-10,12-19,21-22,24-26H,1,4-6H2,2-3H3/t8-,9+,10+,12+,13-,14+,15-,16-,17+,18-,19-,21+/m1/s1. The van der Waals surface area contributed by atoms with Crippen molar-refractivity contribution in [2.45, 2.75) is 69.6 Å². The highest BCUT2D eigenvalue weighted by Gasteiger charge is 2.59. The van der Waals surface area contributed by atoms with Crippen LogP contribution in [0.3, 0.4) is 0 Å². The Balaban J connectivity index is 1.62. The minimum atomic E-state index is -1.55. The van der Waals surface area contributed by atoms with Crippen molar-refractivity contribution in [1.29, 1.82) is 0 Å². The number of rotatable bonds is 3. The van der Waals surface area contributed by atoms with Crippen LogP contribution in [-0.2, 0) is 23.8 Å². The topological polar surface area (TPSA) is 143 Å². The predicted molar refractivity (Wildman–Crippen MR) is 101 cm³/mol. The summed E-state index contributed by atoms with van der Waals surface area (Å²) in [5.41, 5.74) is 0.824. The van der Waals surface area contributed by atoms with Crippen LogP contribution in [0.1, 0.15) is 26.7 Å². The Morgan fingerprint density at radius 3 is 2.40 bits per heavy atom. The normalized spacial score (nSPS) is 51.3. The van der Waals surface area contributed by atoms with Crippen LogP contribution in [0.15, 0.2) is 12.2 Å². The van der Waals surface area contributed by atoms with Gasteiger partial charge in [-0.3, -0.25) is 9.59 Å². The number of carbonyl (C=O) groups is 2. The first-order valence-corrected chi connectivity index (χ1v) is 10.5. The first-order valence-electron chi connectivity index (χ1n) is 10.5. The van der Waals surface area contributed by atoms with Gasteiger partial charge in [-0.2, -0.15) is 0 Å². The quantitative estimate of drug-likeness (QED) is 0.335. The first-order chi connectivity index (χ1) is 14.1. The lowest BCUT2D eigenvalue weighted by atomic mass is 9.77. The van der Waals surface area contributed by atoms with Crippen molar-refractivity contribution in [1.82, 2.24) is 0 Å². The number of hydrogen-bond donors (Lipinski definition) is 4. The maximum Gasteiger partial charge on any atom is 0.309 e.